The van der Waals surface area contributed by atoms with Crippen LogP contribution in [0.5, 0.6) is 0 Å². The number of benzene rings is 3. The second kappa shape index (κ2) is 14.3. The van der Waals surface area contributed by atoms with Crippen LogP contribution >= 0.6 is 11.8 Å². The standard InChI is InChI=1S/C50H52N2S/c1-7-17-39-42(50(5,6)32-44-47(39)40-23-12-14-24-43(40)51-44)29-27-35-19-16-18-34(48(35)53-37-20-10-9-11-21-37)26-28-36-31-41-38-22-13-15-25-45(38)52(30-8-2)46(41)33-49(36,3)4/h9-15,20-29,31-33H,7-8,16-19,30H2,1-6H3/p+1. The molecule has 4 aliphatic rings. The number of para-hydroxylation sites is 2. The van der Waals surface area contributed by atoms with Crippen LogP contribution in [0.2, 0.25) is 0 Å². The first-order valence-electron chi connectivity index (χ1n) is 19.8. The zero-order valence-electron chi connectivity index (χ0n) is 32.4. The first-order chi connectivity index (χ1) is 25.7. The van der Waals surface area contributed by atoms with E-state index in [2.05, 4.69) is 172 Å². The summed E-state index contributed by atoms with van der Waals surface area (Å²) in [6.07, 6.45) is 23.9. The number of hydrogen-bond donors (Lipinski definition) is 1. The molecule has 0 radical (unpaired) electrons. The minimum absolute atomic E-state index is 0.0791. The zero-order valence-corrected chi connectivity index (χ0v) is 33.2. The van der Waals surface area contributed by atoms with Gasteiger partial charge in [0.25, 0.3) is 0 Å². The summed E-state index contributed by atoms with van der Waals surface area (Å²) >= 11 is 1.94. The molecule has 2 heterocycles. The number of nitrogens with one attached hydrogen (secondary N) is 1. The van der Waals surface area contributed by atoms with Gasteiger partial charge in [-0.2, -0.15) is 4.58 Å². The van der Waals surface area contributed by atoms with E-state index in [1.54, 1.807) is 0 Å². The fraction of sp³-hybridized carbons (Fsp3) is 0.300. The molecule has 0 spiro atoms. The Bertz CT molecular complexity index is 2560. The minimum atomic E-state index is -0.0854. The quantitative estimate of drug-likeness (QED) is 0.171. The van der Waals surface area contributed by atoms with Crippen molar-refractivity contribution in [2.24, 2.45) is 10.8 Å². The molecule has 2 nitrogen and oxygen atoms in total. The number of rotatable bonds is 9. The Morgan fingerprint density at radius 1 is 0.792 bits per heavy atom. The van der Waals surface area contributed by atoms with Crippen molar-refractivity contribution in [1.82, 2.24) is 9.56 Å². The average molecular weight is 714 g/mol. The van der Waals surface area contributed by atoms with E-state index in [4.69, 9.17) is 0 Å². The van der Waals surface area contributed by atoms with Gasteiger partial charge in [-0.25, -0.2) is 0 Å². The molecule has 0 amide bonds. The molecule has 0 unspecified atom stereocenters. The van der Waals surface area contributed by atoms with Gasteiger partial charge in [0.15, 0.2) is 0 Å². The van der Waals surface area contributed by atoms with Crippen LogP contribution in [0, 0.1) is 10.8 Å². The molecule has 53 heavy (non-hydrogen) atoms. The Morgan fingerprint density at radius 2 is 1.57 bits per heavy atom. The molecule has 1 N–H and O–H groups in total. The van der Waals surface area contributed by atoms with Gasteiger partial charge in [0.1, 0.15) is 6.54 Å². The van der Waals surface area contributed by atoms with Crippen LogP contribution in [-0.4, -0.2) is 11.5 Å². The molecule has 3 heteroatoms. The van der Waals surface area contributed by atoms with Crippen LogP contribution in [0.25, 0.3) is 28.1 Å². The van der Waals surface area contributed by atoms with Crippen molar-refractivity contribution in [2.75, 3.05) is 6.54 Å². The van der Waals surface area contributed by atoms with E-state index in [1.807, 2.05) is 11.8 Å². The molecule has 0 saturated carbocycles. The van der Waals surface area contributed by atoms with E-state index in [0.29, 0.717) is 0 Å². The van der Waals surface area contributed by atoms with Crippen molar-refractivity contribution in [1.29, 1.82) is 0 Å². The molecular formula is C50H53N2S+. The molecule has 268 valence electrons. The molecule has 0 bridgehead atoms. The maximum Gasteiger partial charge on any atom is 0.213 e. The second-order valence-corrected chi connectivity index (χ2v) is 17.3. The second-order valence-electron chi connectivity index (χ2n) is 16.2. The van der Waals surface area contributed by atoms with Gasteiger partial charge < -0.3 is 4.98 Å². The van der Waals surface area contributed by atoms with Gasteiger partial charge >= 0.3 is 0 Å². The Hall–Kier alpha value is -4.60. The molecule has 4 aromatic rings. The summed E-state index contributed by atoms with van der Waals surface area (Å²) in [5, 5.41) is 6.70. The number of aromatic nitrogens is 1. The van der Waals surface area contributed by atoms with Crippen molar-refractivity contribution in [3.05, 3.63) is 169 Å². The number of nitrogens with zero attached hydrogens (tertiary/aromatic N) is 1. The fourth-order valence-corrected chi connectivity index (χ4v) is 10.00. The molecule has 3 aliphatic carbocycles. The normalized spacial score (nSPS) is 20.5. The first-order valence-corrected chi connectivity index (χ1v) is 20.6. The van der Waals surface area contributed by atoms with Gasteiger partial charge in [0.05, 0.1) is 10.8 Å². The van der Waals surface area contributed by atoms with Crippen LogP contribution < -0.4 is 25.7 Å². The Kier molecular flexibility index (Phi) is 9.58. The monoisotopic (exact) mass is 713 g/mol. The number of thioether (sulfide) groups is 1. The van der Waals surface area contributed by atoms with E-state index < -0.39 is 0 Å². The van der Waals surface area contributed by atoms with Gasteiger partial charge in [-0.05, 0) is 90.0 Å². The number of allylic oxidation sites excluding steroid dienone is 10. The Morgan fingerprint density at radius 3 is 2.38 bits per heavy atom. The molecule has 0 fully saturated rings. The van der Waals surface area contributed by atoms with Crippen molar-refractivity contribution in [3.8, 4) is 0 Å². The number of aromatic amines is 1. The topological polar surface area (TPSA) is 18.8 Å². The number of hydrogen-bond acceptors (Lipinski definition) is 1. The Labute approximate surface area is 319 Å². The van der Waals surface area contributed by atoms with Crippen molar-refractivity contribution in [2.45, 2.75) is 85.0 Å². The third kappa shape index (κ3) is 6.63. The number of fused-ring (bicyclic) bond motifs is 5. The minimum Gasteiger partial charge on any atom is -0.355 e. The fourth-order valence-electron chi connectivity index (χ4n) is 8.87. The van der Waals surface area contributed by atoms with E-state index in [0.717, 1.165) is 45.1 Å². The van der Waals surface area contributed by atoms with Crippen molar-refractivity contribution >= 4 is 39.9 Å². The maximum absolute atomic E-state index is 3.75. The van der Waals surface area contributed by atoms with E-state index in [9.17, 15) is 0 Å². The zero-order chi connectivity index (χ0) is 36.7. The summed E-state index contributed by atoms with van der Waals surface area (Å²) in [6, 6.07) is 28.7. The number of H-pyrrole nitrogens is 1. The summed E-state index contributed by atoms with van der Waals surface area (Å²) in [6.45, 7) is 15.1. The predicted octanol–water partition coefficient (Wildman–Crippen LogP) is 10.2. The van der Waals surface area contributed by atoms with Gasteiger partial charge in [-0.3, -0.25) is 0 Å². The summed E-state index contributed by atoms with van der Waals surface area (Å²) in [7, 11) is 0. The van der Waals surface area contributed by atoms with E-state index in [1.165, 1.54) is 81.0 Å². The van der Waals surface area contributed by atoms with Gasteiger partial charge in [-0.1, -0.05) is 139 Å². The molecule has 0 saturated heterocycles. The highest BCUT2D eigenvalue weighted by Crippen LogP contribution is 2.44. The SMILES string of the molecule is CCCC1=c2c([nH]c3ccccc23)=CC(C)(C)C1=CC=C1CCCC(C=CC2=CC3=c4ccccc4=[N+](CCC)C3=CC2(C)C)=C1Sc1ccccc1. The van der Waals surface area contributed by atoms with Crippen LogP contribution in [0.1, 0.15) is 80.1 Å². The third-order valence-electron chi connectivity index (χ3n) is 11.5. The molecule has 0 atom stereocenters. The smallest absolute Gasteiger partial charge is 0.213 e. The van der Waals surface area contributed by atoms with Crippen molar-refractivity contribution in [3.63, 3.8) is 0 Å². The lowest BCUT2D eigenvalue weighted by Gasteiger charge is -2.30. The maximum atomic E-state index is 3.75. The van der Waals surface area contributed by atoms with Gasteiger partial charge in [0, 0.05) is 54.6 Å². The largest absolute Gasteiger partial charge is 0.355 e. The summed E-state index contributed by atoms with van der Waals surface area (Å²) in [5.74, 6) is 0. The van der Waals surface area contributed by atoms with Gasteiger partial charge in [-0.15, -0.1) is 0 Å². The molecule has 1 aliphatic heterocycles. The lowest BCUT2D eigenvalue weighted by atomic mass is 9.74. The first kappa shape index (κ1) is 35.4. The summed E-state index contributed by atoms with van der Waals surface area (Å²) in [4.78, 5) is 6.45. The van der Waals surface area contributed by atoms with E-state index in [-0.39, 0.29) is 10.8 Å². The van der Waals surface area contributed by atoms with E-state index >= 15 is 0 Å². The van der Waals surface area contributed by atoms with Crippen LogP contribution in [-0.2, 0) is 0 Å². The molecule has 3 aromatic carbocycles. The molecule has 8 rings (SSSR count). The van der Waals surface area contributed by atoms with Crippen LogP contribution in [0.15, 0.2) is 153 Å². The molecular weight excluding hydrogens is 661 g/mol. The molecule has 1 aromatic heterocycles. The lowest BCUT2D eigenvalue weighted by Crippen LogP contribution is -2.35. The van der Waals surface area contributed by atoms with Crippen LogP contribution in [0.4, 0.5) is 0 Å². The highest BCUT2D eigenvalue weighted by Gasteiger charge is 2.35. The lowest BCUT2D eigenvalue weighted by molar-refractivity contribution is 0.569. The van der Waals surface area contributed by atoms with Gasteiger partial charge in [0.2, 0.25) is 11.1 Å². The highest BCUT2D eigenvalue weighted by molar-refractivity contribution is 8.03. The summed E-state index contributed by atoms with van der Waals surface area (Å²) < 4.78 is 2.53. The Balaban J connectivity index is 1.24. The van der Waals surface area contributed by atoms with Crippen molar-refractivity contribution < 1.29 is 0 Å². The average Bonchev–Trinajstić information content (AvgIpc) is 3.65. The van der Waals surface area contributed by atoms with Crippen LogP contribution in [0.3, 0.4) is 0 Å². The summed E-state index contributed by atoms with van der Waals surface area (Å²) in [5.41, 5.74) is 11.0. The highest BCUT2D eigenvalue weighted by atomic mass is 32.2. The predicted molar refractivity (Wildman–Crippen MR) is 228 cm³/mol. The third-order valence-corrected chi connectivity index (χ3v) is 12.7.